The first-order valence-corrected chi connectivity index (χ1v) is 9.47. The molecule has 0 saturated carbocycles. The Bertz CT molecular complexity index is 1170. The van der Waals surface area contributed by atoms with Gasteiger partial charge >= 0.3 is 6.09 Å². The fourth-order valence-electron chi connectivity index (χ4n) is 2.98. The molecule has 0 aliphatic carbocycles. The fourth-order valence-corrected chi connectivity index (χ4v) is 2.98. The lowest BCUT2D eigenvalue weighted by Gasteiger charge is -2.12. The number of amides is 2. The van der Waals surface area contributed by atoms with Crippen molar-refractivity contribution >= 4 is 29.2 Å². The van der Waals surface area contributed by atoms with E-state index in [4.69, 9.17) is 0 Å². The third-order valence-electron chi connectivity index (χ3n) is 4.83. The summed E-state index contributed by atoms with van der Waals surface area (Å²) >= 11 is 0. The summed E-state index contributed by atoms with van der Waals surface area (Å²) in [5, 5.41) is 4.87. The Kier molecular flexibility index (Phi) is 6.45. The van der Waals surface area contributed by atoms with Gasteiger partial charge in [-0.1, -0.05) is 30.3 Å². The second kappa shape index (κ2) is 9.21. The lowest BCUT2D eigenvalue weighted by atomic mass is 9.95. The molecule has 0 saturated heterocycles. The van der Waals surface area contributed by atoms with Gasteiger partial charge in [0.15, 0.2) is 5.78 Å². The Morgan fingerprint density at radius 1 is 0.839 bits per heavy atom. The van der Waals surface area contributed by atoms with Gasteiger partial charge < -0.3 is 10.1 Å². The molecule has 7 heteroatoms. The van der Waals surface area contributed by atoms with Gasteiger partial charge in [-0.3, -0.25) is 14.9 Å². The van der Waals surface area contributed by atoms with Gasteiger partial charge in [0.2, 0.25) is 0 Å². The molecule has 0 atom stereocenters. The lowest BCUT2D eigenvalue weighted by Crippen LogP contribution is -2.17. The number of anilines is 2. The number of nitrogens with one attached hydrogen (secondary N) is 2. The van der Waals surface area contributed by atoms with Crippen LogP contribution in [0.4, 0.5) is 20.6 Å². The zero-order chi connectivity index (χ0) is 22.5. The van der Waals surface area contributed by atoms with Crippen LogP contribution in [0.1, 0.15) is 37.4 Å². The molecule has 0 heterocycles. The first kappa shape index (κ1) is 21.7. The zero-order valence-corrected chi connectivity index (χ0v) is 17.3. The van der Waals surface area contributed by atoms with E-state index in [1.807, 2.05) is 19.9 Å². The summed E-state index contributed by atoms with van der Waals surface area (Å²) in [4.78, 5) is 37.3. The maximum atomic E-state index is 13.9. The molecule has 31 heavy (non-hydrogen) atoms. The maximum absolute atomic E-state index is 13.9. The second-order valence-electron chi connectivity index (χ2n) is 6.94. The number of carbonyl (C=O) groups is 3. The summed E-state index contributed by atoms with van der Waals surface area (Å²) < 4.78 is 18.4. The molecule has 0 radical (unpaired) electrons. The van der Waals surface area contributed by atoms with Gasteiger partial charge in [-0.05, 0) is 55.3 Å². The first-order valence-electron chi connectivity index (χ1n) is 9.47. The maximum Gasteiger partial charge on any atom is 0.411 e. The van der Waals surface area contributed by atoms with Crippen LogP contribution in [0.5, 0.6) is 0 Å². The molecule has 3 aromatic carbocycles. The number of benzene rings is 3. The molecule has 2 N–H and O–H groups in total. The van der Waals surface area contributed by atoms with Crippen molar-refractivity contribution in [1.29, 1.82) is 0 Å². The van der Waals surface area contributed by atoms with E-state index in [1.165, 1.54) is 12.1 Å². The van der Waals surface area contributed by atoms with Crippen LogP contribution in [0.15, 0.2) is 60.7 Å². The molecule has 0 aliphatic heterocycles. The third kappa shape index (κ3) is 4.95. The van der Waals surface area contributed by atoms with Crippen molar-refractivity contribution in [2.45, 2.75) is 13.8 Å². The molecule has 0 aliphatic rings. The SMILES string of the molecule is COC(=O)Nc1cc(NC(=O)c2ccccc2C(=O)c2ccc(C)c(C)c2)ccc1F. The van der Waals surface area contributed by atoms with Crippen molar-refractivity contribution in [3.05, 3.63) is 94.3 Å². The molecule has 0 unspecified atom stereocenters. The molecule has 0 aromatic heterocycles. The molecule has 0 fully saturated rings. The molecule has 0 spiro atoms. The van der Waals surface area contributed by atoms with E-state index in [9.17, 15) is 18.8 Å². The summed E-state index contributed by atoms with van der Waals surface area (Å²) in [6, 6.07) is 15.6. The highest BCUT2D eigenvalue weighted by molar-refractivity contribution is 6.17. The van der Waals surface area contributed by atoms with Gasteiger partial charge in [0, 0.05) is 16.8 Å². The largest absolute Gasteiger partial charge is 0.453 e. The summed E-state index contributed by atoms with van der Waals surface area (Å²) in [6.07, 6.45) is -0.841. The number of methoxy groups -OCH3 is 1. The van der Waals surface area contributed by atoms with Crippen LogP contribution in [-0.2, 0) is 4.74 Å². The summed E-state index contributed by atoms with van der Waals surface area (Å²) in [5.74, 6) is -1.50. The number of ether oxygens (including phenoxy) is 1. The van der Waals surface area contributed by atoms with Crippen molar-refractivity contribution in [3.8, 4) is 0 Å². The minimum Gasteiger partial charge on any atom is -0.453 e. The van der Waals surface area contributed by atoms with Gasteiger partial charge in [-0.2, -0.15) is 0 Å². The molecule has 2 amide bonds. The summed E-state index contributed by atoms with van der Waals surface area (Å²) in [6.45, 7) is 3.87. The lowest BCUT2D eigenvalue weighted by molar-refractivity contribution is 0.0996. The number of hydrogen-bond acceptors (Lipinski definition) is 4. The summed E-state index contributed by atoms with van der Waals surface area (Å²) in [7, 11) is 1.16. The molecular formula is C24H21FN2O4. The fraction of sp³-hybridized carbons (Fsp3) is 0.125. The summed E-state index contributed by atoms with van der Waals surface area (Å²) in [5.41, 5.74) is 3.04. The predicted octanol–water partition coefficient (Wildman–Crippen LogP) is 5.10. The Labute approximate surface area is 179 Å². The number of hydrogen-bond donors (Lipinski definition) is 2. The van der Waals surface area contributed by atoms with Crippen LogP contribution in [0.3, 0.4) is 0 Å². The van der Waals surface area contributed by atoms with E-state index < -0.39 is 17.8 Å². The van der Waals surface area contributed by atoms with E-state index in [2.05, 4.69) is 15.4 Å². The van der Waals surface area contributed by atoms with Crippen LogP contribution >= 0.6 is 0 Å². The number of halogens is 1. The van der Waals surface area contributed by atoms with Gasteiger partial charge in [0.1, 0.15) is 5.82 Å². The molecule has 158 valence electrons. The average molecular weight is 420 g/mol. The van der Waals surface area contributed by atoms with Crippen molar-refractivity contribution in [2.24, 2.45) is 0 Å². The molecule has 3 aromatic rings. The highest BCUT2D eigenvalue weighted by atomic mass is 19.1. The quantitative estimate of drug-likeness (QED) is 0.562. The van der Waals surface area contributed by atoms with Crippen LogP contribution in [-0.4, -0.2) is 24.9 Å². The van der Waals surface area contributed by atoms with E-state index in [0.717, 1.165) is 24.3 Å². The van der Waals surface area contributed by atoms with E-state index >= 15 is 0 Å². The minimum absolute atomic E-state index is 0.149. The first-order chi connectivity index (χ1) is 14.8. The molecular weight excluding hydrogens is 399 g/mol. The second-order valence-corrected chi connectivity index (χ2v) is 6.94. The van der Waals surface area contributed by atoms with Crippen LogP contribution in [0.25, 0.3) is 0 Å². The minimum atomic E-state index is -0.841. The molecule has 0 bridgehead atoms. The number of rotatable bonds is 5. The van der Waals surface area contributed by atoms with Gasteiger partial charge in [-0.15, -0.1) is 0 Å². The van der Waals surface area contributed by atoms with Gasteiger partial charge in [0.25, 0.3) is 5.91 Å². The monoisotopic (exact) mass is 420 g/mol. The van der Waals surface area contributed by atoms with E-state index in [-0.39, 0.29) is 28.3 Å². The van der Waals surface area contributed by atoms with Gasteiger partial charge in [0.05, 0.1) is 18.4 Å². The van der Waals surface area contributed by atoms with E-state index in [0.29, 0.717) is 5.56 Å². The van der Waals surface area contributed by atoms with Crippen LogP contribution in [0, 0.1) is 19.7 Å². The van der Waals surface area contributed by atoms with Gasteiger partial charge in [-0.25, -0.2) is 9.18 Å². The number of ketones is 1. The number of aryl methyl sites for hydroxylation is 2. The highest BCUT2D eigenvalue weighted by Gasteiger charge is 2.19. The van der Waals surface area contributed by atoms with Crippen molar-refractivity contribution in [2.75, 3.05) is 17.7 Å². The Hall–Kier alpha value is -4.00. The average Bonchev–Trinajstić information content (AvgIpc) is 2.77. The van der Waals surface area contributed by atoms with Crippen molar-refractivity contribution in [3.63, 3.8) is 0 Å². The third-order valence-corrected chi connectivity index (χ3v) is 4.83. The topological polar surface area (TPSA) is 84.5 Å². The molecule has 3 rings (SSSR count). The van der Waals surface area contributed by atoms with Crippen LogP contribution < -0.4 is 10.6 Å². The van der Waals surface area contributed by atoms with Crippen LogP contribution in [0.2, 0.25) is 0 Å². The smallest absolute Gasteiger partial charge is 0.411 e. The Morgan fingerprint density at radius 2 is 1.55 bits per heavy atom. The standard InChI is InChI=1S/C24H21FN2O4/c1-14-8-9-16(12-15(14)2)22(28)18-6-4-5-7-19(18)23(29)26-17-10-11-20(25)21(13-17)27-24(30)31-3/h4-13H,1-3H3,(H,26,29)(H,27,30). The van der Waals surface area contributed by atoms with E-state index in [1.54, 1.807) is 36.4 Å². The van der Waals surface area contributed by atoms with Crippen molar-refractivity contribution < 1.29 is 23.5 Å². The normalized spacial score (nSPS) is 10.3. The highest BCUT2D eigenvalue weighted by Crippen LogP contribution is 2.22. The van der Waals surface area contributed by atoms with Crippen molar-refractivity contribution in [1.82, 2.24) is 0 Å². The zero-order valence-electron chi connectivity index (χ0n) is 17.3. The predicted molar refractivity (Wildman–Crippen MR) is 116 cm³/mol. The Balaban J connectivity index is 1.88. The Morgan fingerprint density at radius 3 is 2.23 bits per heavy atom. The number of carbonyl (C=O) groups excluding carboxylic acids is 3. The molecule has 6 nitrogen and oxygen atoms in total.